The fourth-order valence-corrected chi connectivity index (χ4v) is 5.73. The number of carbonyl (C=O) groups excluding carboxylic acids is 1. The molecule has 2 unspecified atom stereocenters. The van der Waals surface area contributed by atoms with Gasteiger partial charge >= 0.3 is 0 Å². The summed E-state index contributed by atoms with van der Waals surface area (Å²) in [4.78, 5) is 13.0. The fourth-order valence-electron chi connectivity index (χ4n) is 3.96. The van der Waals surface area contributed by atoms with Gasteiger partial charge in [-0.2, -0.15) is 11.8 Å². The molecule has 2 fully saturated rings. The van der Waals surface area contributed by atoms with E-state index in [1.165, 1.54) is 23.8 Å². The first-order valence-electron chi connectivity index (χ1n) is 7.90. The van der Waals surface area contributed by atoms with Gasteiger partial charge < -0.3 is 0 Å². The molecule has 0 amide bonds. The maximum atomic E-state index is 13.0. The minimum atomic E-state index is 0.245. The zero-order valence-corrected chi connectivity index (χ0v) is 13.2. The maximum Gasteiger partial charge on any atom is 0.166 e. The van der Waals surface area contributed by atoms with Crippen LogP contribution in [0.4, 0.5) is 0 Å². The Labute approximate surface area is 130 Å². The van der Waals surface area contributed by atoms with Gasteiger partial charge in [0.1, 0.15) is 0 Å². The maximum absolute atomic E-state index is 13.0. The topological polar surface area (TPSA) is 17.1 Å². The SMILES string of the molecule is Cc1ccc(C(=O)C2CC3CCC(C2)S3)c2ccccc12. The molecule has 2 aliphatic heterocycles. The Morgan fingerprint density at radius 3 is 2.38 bits per heavy atom. The predicted molar refractivity (Wildman–Crippen MR) is 90.1 cm³/mol. The average molecular weight is 296 g/mol. The minimum Gasteiger partial charge on any atom is -0.294 e. The summed E-state index contributed by atoms with van der Waals surface area (Å²) >= 11 is 2.12. The lowest BCUT2D eigenvalue weighted by atomic mass is 9.87. The van der Waals surface area contributed by atoms with Gasteiger partial charge in [0.05, 0.1) is 0 Å². The van der Waals surface area contributed by atoms with Gasteiger partial charge in [-0.05, 0) is 48.9 Å². The molecule has 108 valence electrons. The summed E-state index contributed by atoms with van der Waals surface area (Å²) in [7, 11) is 0. The molecule has 2 heteroatoms. The second-order valence-corrected chi connectivity index (χ2v) is 8.07. The van der Waals surface area contributed by atoms with Crippen LogP contribution in [-0.2, 0) is 0 Å². The third-order valence-electron chi connectivity index (χ3n) is 5.07. The Bertz CT molecular complexity index is 694. The van der Waals surface area contributed by atoms with Crippen molar-refractivity contribution in [2.45, 2.75) is 43.1 Å². The lowest BCUT2D eigenvalue weighted by Gasteiger charge is -2.26. The first-order valence-corrected chi connectivity index (χ1v) is 8.84. The molecule has 0 radical (unpaired) electrons. The molecule has 2 aromatic rings. The number of fused-ring (bicyclic) bond motifs is 3. The molecular formula is C19H20OS. The van der Waals surface area contributed by atoms with Crippen LogP contribution in [0.1, 0.15) is 41.6 Å². The standard InChI is InChI=1S/C19H20OS/c1-12-6-9-18(17-5-3-2-4-16(12)17)19(20)13-10-14-7-8-15(11-13)21-14/h2-6,9,13-15H,7-8,10-11H2,1H3. The van der Waals surface area contributed by atoms with Gasteiger partial charge in [0.15, 0.2) is 5.78 Å². The Morgan fingerprint density at radius 1 is 1.00 bits per heavy atom. The van der Waals surface area contributed by atoms with Gasteiger partial charge in [0.25, 0.3) is 0 Å². The Balaban J connectivity index is 1.73. The van der Waals surface area contributed by atoms with Crippen molar-refractivity contribution in [3.63, 3.8) is 0 Å². The number of ketones is 1. The smallest absolute Gasteiger partial charge is 0.166 e. The number of carbonyl (C=O) groups is 1. The molecule has 0 spiro atoms. The molecule has 0 aliphatic carbocycles. The van der Waals surface area contributed by atoms with Gasteiger partial charge in [-0.3, -0.25) is 4.79 Å². The molecular weight excluding hydrogens is 276 g/mol. The number of hydrogen-bond donors (Lipinski definition) is 0. The minimum absolute atomic E-state index is 0.245. The van der Waals surface area contributed by atoms with Crippen LogP contribution in [0.2, 0.25) is 0 Å². The van der Waals surface area contributed by atoms with Gasteiger partial charge in [-0.15, -0.1) is 0 Å². The van der Waals surface area contributed by atoms with Crippen molar-refractivity contribution in [1.82, 2.24) is 0 Å². The summed E-state index contributed by atoms with van der Waals surface area (Å²) in [5.41, 5.74) is 2.19. The van der Waals surface area contributed by atoms with E-state index in [1.54, 1.807) is 0 Å². The Morgan fingerprint density at radius 2 is 1.67 bits per heavy atom. The molecule has 1 nitrogen and oxygen atoms in total. The fraction of sp³-hybridized carbons (Fsp3) is 0.421. The van der Waals surface area contributed by atoms with E-state index in [1.807, 2.05) is 12.1 Å². The van der Waals surface area contributed by atoms with Gasteiger partial charge in [0.2, 0.25) is 0 Å². The number of thioether (sulfide) groups is 1. The largest absolute Gasteiger partial charge is 0.294 e. The first-order chi connectivity index (χ1) is 10.2. The summed E-state index contributed by atoms with van der Waals surface area (Å²) in [6.45, 7) is 2.12. The highest BCUT2D eigenvalue weighted by Gasteiger charge is 2.38. The molecule has 0 N–H and O–H groups in total. The zero-order valence-electron chi connectivity index (χ0n) is 12.3. The van der Waals surface area contributed by atoms with Crippen LogP contribution in [0.5, 0.6) is 0 Å². The third kappa shape index (κ3) is 2.30. The number of hydrogen-bond acceptors (Lipinski definition) is 2. The normalized spacial score (nSPS) is 28.0. The van der Waals surface area contributed by atoms with Crippen LogP contribution in [-0.4, -0.2) is 16.3 Å². The van der Waals surface area contributed by atoms with Crippen LogP contribution in [0, 0.1) is 12.8 Å². The zero-order chi connectivity index (χ0) is 14.4. The lowest BCUT2D eigenvalue weighted by Crippen LogP contribution is -2.25. The molecule has 2 atom stereocenters. The van der Waals surface area contributed by atoms with Crippen LogP contribution >= 0.6 is 11.8 Å². The van der Waals surface area contributed by atoms with Crippen LogP contribution in [0.15, 0.2) is 36.4 Å². The second kappa shape index (κ2) is 5.17. The molecule has 0 saturated carbocycles. The number of rotatable bonds is 2. The van der Waals surface area contributed by atoms with Gasteiger partial charge in [-0.1, -0.05) is 36.4 Å². The molecule has 2 aromatic carbocycles. The monoisotopic (exact) mass is 296 g/mol. The molecule has 2 heterocycles. The van der Waals surface area contributed by atoms with Crippen LogP contribution in [0.3, 0.4) is 0 Å². The summed E-state index contributed by atoms with van der Waals surface area (Å²) in [5, 5.41) is 3.81. The van der Waals surface area contributed by atoms with Crippen molar-refractivity contribution >= 4 is 28.3 Å². The summed E-state index contributed by atoms with van der Waals surface area (Å²) < 4.78 is 0. The van der Waals surface area contributed by atoms with E-state index in [0.717, 1.165) is 34.3 Å². The van der Waals surface area contributed by atoms with Crippen molar-refractivity contribution in [2.75, 3.05) is 0 Å². The van der Waals surface area contributed by atoms with Gasteiger partial charge in [0, 0.05) is 22.0 Å². The molecule has 2 bridgehead atoms. The van der Waals surface area contributed by atoms with E-state index in [-0.39, 0.29) is 5.92 Å². The highest BCUT2D eigenvalue weighted by molar-refractivity contribution is 8.00. The van der Waals surface area contributed by atoms with E-state index in [0.29, 0.717) is 5.78 Å². The number of Topliss-reactive ketones (excluding diaryl/α,β-unsaturated/α-hetero) is 1. The quantitative estimate of drug-likeness (QED) is 0.725. The number of aryl methyl sites for hydroxylation is 1. The van der Waals surface area contributed by atoms with E-state index >= 15 is 0 Å². The van der Waals surface area contributed by atoms with E-state index in [9.17, 15) is 4.79 Å². The molecule has 2 aliphatic rings. The number of benzene rings is 2. The highest BCUT2D eigenvalue weighted by atomic mass is 32.2. The summed E-state index contributed by atoms with van der Waals surface area (Å²) in [6, 6.07) is 12.5. The highest BCUT2D eigenvalue weighted by Crippen LogP contribution is 2.46. The van der Waals surface area contributed by atoms with Crippen molar-refractivity contribution in [1.29, 1.82) is 0 Å². The van der Waals surface area contributed by atoms with Crippen molar-refractivity contribution in [3.05, 3.63) is 47.5 Å². The van der Waals surface area contributed by atoms with Crippen molar-refractivity contribution < 1.29 is 4.79 Å². The average Bonchev–Trinajstić information content (AvgIpc) is 2.85. The van der Waals surface area contributed by atoms with E-state index in [2.05, 4.69) is 43.0 Å². The Kier molecular flexibility index (Phi) is 3.30. The van der Waals surface area contributed by atoms with E-state index in [4.69, 9.17) is 0 Å². The predicted octanol–water partition coefficient (Wildman–Crippen LogP) is 5.01. The van der Waals surface area contributed by atoms with Crippen LogP contribution < -0.4 is 0 Å². The molecule has 21 heavy (non-hydrogen) atoms. The first kappa shape index (κ1) is 13.4. The summed E-state index contributed by atoms with van der Waals surface area (Å²) in [6.07, 6.45) is 4.80. The van der Waals surface area contributed by atoms with Crippen molar-refractivity contribution in [2.24, 2.45) is 5.92 Å². The van der Waals surface area contributed by atoms with Crippen LogP contribution in [0.25, 0.3) is 10.8 Å². The van der Waals surface area contributed by atoms with Gasteiger partial charge in [-0.25, -0.2) is 0 Å². The lowest BCUT2D eigenvalue weighted by molar-refractivity contribution is 0.0908. The Hall–Kier alpha value is -1.28. The molecule has 4 rings (SSSR count). The molecule has 2 saturated heterocycles. The summed E-state index contributed by atoms with van der Waals surface area (Å²) in [5.74, 6) is 0.623. The third-order valence-corrected chi connectivity index (χ3v) is 6.69. The molecule has 0 aromatic heterocycles. The second-order valence-electron chi connectivity index (χ2n) is 6.47. The van der Waals surface area contributed by atoms with E-state index < -0.39 is 0 Å². The van der Waals surface area contributed by atoms with Crippen molar-refractivity contribution in [3.8, 4) is 0 Å².